The van der Waals surface area contributed by atoms with E-state index in [4.69, 9.17) is 5.11 Å². The van der Waals surface area contributed by atoms with Crippen LogP contribution in [0.5, 0.6) is 0 Å². The Morgan fingerprint density at radius 1 is 1.33 bits per heavy atom. The number of piperidine rings is 1. The summed E-state index contributed by atoms with van der Waals surface area (Å²) in [6.07, 6.45) is 4.21. The Kier molecular flexibility index (Phi) is 3.58. The van der Waals surface area contributed by atoms with Crippen molar-refractivity contribution >= 4 is 16.2 Å². The van der Waals surface area contributed by atoms with E-state index in [1.54, 1.807) is 24.5 Å². The molecule has 2 rings (SSSR count). The lowest BCUT2D eigenvalue weighted by molar-refractivity contribution is -0.142. The van der Waals surface area contributed by atoms with Crippen LogP contribution in [0.3, 0.4) is 0 Å². The van der Waals surface area contributed by atoms with Crippen LogP contribution in [0.15, 0.2) is 24.5 Å². The summed E-state index contributed by atoms with van der Waals surface area (Å²) in [6, 6.07) is 3.39. The van der Waals surface area contributed by atoms with Crippen molar-refractivity contribution in [3.8, 4) is 0 Å². The molecule has 1 atom stereocenters. The van der Waals surface area contributed by atoms with E-state index in [0.717, 1.165) is 0 Å². The van der Waals surface area contributed by atoms with Gasteiger partial charge in [0.05, 0.1) is 5.92 Å². The average Bonchev–Trinajstić information content (AvgIpc) is 2.81. The quantitative estimate of drug-likeness (QED) is 0.812. The van der Waals surface area contributed by atoms with Crippen LogP contribution in [0, 0.1) is 5.92 Å². The summed E-state index contributed by atoms with van der Waals surface area (Å²) in [6.45, 7) is 0.367. The van der Waals surface area contributed by atoms with E-state index in [1.807, 2.05) is 0 Å². The molecule has 8 heteroatoms. The molecule has 0 radical (unpaired) electrons. The molecule has 2 heterocycles. The normalized spacial score (nSPS) is 21.7. The largest absolute Gasteiger partial charge is 0.481 e. The van der Waals surface area contributed by atoms with Gasteiger partial charge < -0.3 is 5.11 Å². The van der Waals surface area contributed by atoms with Crippen molar-refractivity contribution in [1.29, 1.82) is 0 Å². The van der Waals surface area contributed by atoms with Gasteiger partial charge in [-0.2, -0.15) is 12.7 Å². The van der Waals surface area contributed by atoms with E-state index < -0.39 is 22.1 Å². The minimum atomic E-state index is -3.69. The van der Waals surface area contributed by atoms with E-state index in [-0.39, 0.29) is 6.54 Å². The topological polar surface area (TPSA) is 91.6 Å². The van der Waals surface area contributed by atoms with Gasteiger partial charge in [-0.3, -0.25) is 9.47 Å². The molecule has 7 nitrogen and oxygen atoms in total. The van der Waals surface area contributed by atoms with Crippen LogP contribution in [-0.4, -0.2) is 41.6 Å². The van der Waals surface area contributed by atoms with E-state index >= 15 is 0 Å². The zero-order valence-electron chi connectivity index (χ0n) is 9.69. The third-order valence-electron chi connectivity index (χ3n) is 2.90. The SMILES string of the molecule is O=C(O)C1CCCN(S(=O)(=O)Nn2cccc2)C1. The molecule has 1 saturated heterocycles. The number of carboxylic acid groups (broad SMARTS) is 1. The first kappa shape index (κ1) is 12.9. The first-order chi connectivity index (χ1) is 8.49. The number of rotatable bonds is 4. The third-order valence-corrected chi connectivity index (χ3v) is 4.35. The van der Waals surface area contributed by atoms with Gasteiger partial charge in [-0.05, 0) is 25.0 Å². The van der Waals surface area contributed by atoms with E-state index in [0.29, 0.717) is 19.4 Å². The lowest BCUT2D eigenvalue weighted by Crippen LogP contribution is -2.46. The van der Waals surface area contributed by atoms with E-state index in [1.165, 1.54) is 8.98 Å². The van der Waals surface area contributed by atoms with Crippen molar-refractivity contribution in [2.45, 2.75) is 12.8 Å². The molecule has 18 heavy (non-hydrogen) atoms. The second kappa shape index (κ2) is 4.99. The fraction of sp³-hybridized carbons (Fsp3) is 0.500. The molecular formula is C10H15N3O4S. The molecule has 1 fully saturated rings. The monoisotopic (exact) mass is 273 g/mol. The molecule has 1 aromatic rings. The van der Waals surface area contributed by atoms with Gasteiger partial charge in [-0.1, -0.05) is 0 Å². The van der Waals surface area contributed by atoms with Crippen LogP contribution in [0.1, 0.15) is 12.8 Å². The average molecular weight is 273 g/mol. The van der Waals surface area contributed by atoms with Crippen molar-refractivity contribution in [3.63, 3.8) is 0 Å². The molecule has 0 saturated carbocycles. The number of aliphatic carboxylic acids is 1. The molecular weight excluding hydrogens is 258 g/mol. The number of aromatic nitrogens is 1. The van der Waals surface area contributed by atoms with Crippen molar-refractivity contribution in [2.24, 2.45) is 5.92 Å². The summed E-state index contributed by atoms with van der Waals surface area (Å²) >= 11 is 0. The van der Waals surface area contributed by atoms with Crippen LogP contribution in [0.4, 0.5) is 0 Å². The van der Waals surface area contributed by atoms with E-state index in [9.17, 15) is 13.2 Å². The Hall–Kier alpha value is -1.54. The number of carboxylic acids is 1. The predicted molar refractivity (Wildman–Crippen MR) is 64.6 cm³/mol. The van der Waals surface area contributed by atoms with Gasteiger partial charge in [0.1, 0.15) is 0 Å². The molecule has 0 aromatic carbocycles. The van der Waals surface area contributed by atoms with Gasteiger partial charge in [-0.15, -0.1) is 0 Å². The highest BCUT2D eigenvalue weighted by Crippen LogP contribution is 2.19. The van der Waals surface area contributed by atoms with Gasteiger partial charge in [0.25, 0.3) is 0 Å². The summed E-state index contributed by atoms with van der Waals surface area (Å²) in [5.41, 5.74) is 0. The number of hydrogen-bond donors (Lipinski definition) is 2. The third kappa shape index (κ3) is 2.82. The lowest BCUT2D eigenvalue weighted by atomic mass is 10.0. The summed E-state index contributed by atoms with van der Waals surface area (Å²) in [5.74, 6) is -1.57. The van der Waals surface area contributed by atoms with Gasteiger partial charge in [0, 0.05) is 25.5 Å². The summed E-state index contributed by atoms with van der Waals surface area (Å²) in [7, 11) is -3.69. The maximum Gasteiger partial charge on any atom is 0.315 e. The molecule has 1 unspecified atom stereocenters. The van der Waals surface area contributed by atoms with Crippen LogP contribution in [0.2, 0.25) is 0 Å². The molecule has 1 aromatic heterocycles. The van der Waals surface area contributed by atoms with Crippen molar-refractivity contribution in [2.75, 3.05) is 17.9 Å². The Balaban J connectivity index is 2.07. The molecule has 0 amide bonds. The van der Waals surface area contributed by atoms with Crippen molar-refractivity contribution in [1.82, 2.24) is 8.98 Å². The lowest BCUT2D eigenvalue weighted by Gasteiger charge is -2.29. The fourth-order valence-electron chi connectivity index (χ4n) is 1.95. The highest BCUT2D eigenvalue weighted by atomic mass is 32.2. The first-order valence-corrected chi connectivity index (χ1v) is 7.07. The standard InChI is InChI=1S/C10H15N3O4S/c14-10(15)9-4-3-7-13(8-9)18(16,17)11-12-5-1-2-6-12/h1-2,5-6,9,11H,3-4,7-8H2,(H,14,15). The highest BCUT2D eigenvalue weighted by Gasteiger charge is 2.32. The Labute approximate surface area is 105 Å². The molecule has 1 aliphatic heterocycles. The summed E-state index contributed by atoms with van der Waals surface area (Å²) in [5, 5.41) is 8.93. The second-order valence-electron chi connectivity index (χ2n) is 4.22. The molecule has 0 bridgehead atoms. The Morgan fingerprint density at radius 3 is 2.61 bits per heavy atom. The smallest absolute Gasteiger partial charge is 0.315 e. The molecule has 100 valence electrons. The minimum absolute atomic E-state index is 0.0198. The van der Waals surface area contributed by atoms with Gasteiger partial charge in [-0.25, -0.2) is 4.83 Å². The number of hydrogen-bond acceptors (Lipinski definition) is 3. The molecule has 1 aliphatic rings. The zero-order valence-corrected chi connectivity index (χ0v) is 10.5. The number of nitrogens with one attached hydrogen (secondary N) is 1. The van der Waals surface area contributed by atoms with E-state index in [2.05, 4.69) is 4.83 Å². The molecule has 2 N–H and O–H groups in total. The van der Waals surface area contributed by atoms with Crippen LogP contribution in [0.25, 0.3) is 0 Å². The van der Waals surface area contributed by atoms with Crippen LogP contribution < -0.4 is 4.83 Å². The Morgan fingerprint density at radius 2 is 2.00 bits per heavy atom. The molecule has 0 spiro atoms. The summed E-state index contributed by atoms with van der Waals surface area (Å²) < 4.78 is 26.5. The maximum absolute atomic E-state index is 12.0. The van der Waals surface area contributed by atoms with Crippen molar-refractivity contribution < 1.29 is 18.3 Å². The van der Waals surface area contributed by atoms with Crippen molar-refractivity contribution in [3.05, 3.63) is 24.5 Å². The minimum Gasteiger partial charge on any atom is -0.481 e. The predicted octanol–water partition coefficient (Wildman–Crippen LogP) is 0.0730. The zero-order chi connectivity index (χ0) is 13.2. The number of nitrogens with zero attached hydrogens (tertiary/aromatic N) is 2. The van der Waals surface area contributed by atoms with Crippen LogP contribution >= 0.6 is 0 Å². The first-order valence-electron chi connectivity index (χ1n) is 5.63. The van der Waals surface area contributed by atoms with Gasteiger partial charge >= 0.3 is 16.2 Å². The van der Waals surface area contributed by atoms with Gasteiger partial charge in [0.2, 0.25) is 0 Å². The fourth-order valence-corrected chi connectivity index (χ4v) is 3.20. The maximum atomic E-state index is 12.0. The number of carbonyl (C=O) groups is 1. The van der Waals surface area contributed by atoms with Gasteiger partial charge in [0.15, 0.2) is 0 Å². The Bertz CT molecular complexity index is 511. The molecule has 0 aliphatic carbocycles. The highest BCUT2D eigenvalue weighted by molar-refractivity contribution is 7.90. The van der Waals surface area contributed by atoms with Crippen LogP contribution in [-0.2, 0) is 15.0 Å². The summed E-state index contributed by atoms with van der Waals surface area (Å²) in [4.78, 5) is 13.2. The second-order valence-corrected chi connectivity index (χ2v) is 5.87.